The van der Waals surface area contributed by atoms with Crippen LogP contribution in [0, 0.1) is 0 Å². The first-order chi connectivity index (χ1) is 11.5. The first kappa shape index (κ1) is 17.4. The van der Waals surface area contributed by atoms with Gasteiger partial charge in [0.15, 0.2) is 0 Å². The van der Waals surface area contributed by atoms with Crippen molar-refractivity contribution in [1.29, 1.82) is 0 Å². The summed E-state index contributed by atoms with van der Waals surface area (Å²) in [6, 6.07) is 8.94. The Bertz CT molecular complexity index is 824. The van der Waals surface area contributed by atoms with Crippen molar-refractivity contribution in [2.75, 3.05) is 13.2 Å². The van der Waals surface area contributed by atoms with Crippen LogP contribution in [0.4, 0.5) is 0 Å². The molecule has 1 amide bonds. The number of hydrogen-bond donors (Lipinski definition) is 1. The summed E-state index contributed by atoms with van der Waals surface area (Å²) in [6.45, 7) is 1.17. The zero-order valence-electron chi connectivity index (χ0n) is 12.7. The van der Waals surface area contributed by atoms with Crippen molar-refractivity contribution in [2.24, 2.45) is 0 Å². The van der Waals surface area contributed by atoms with Crippen LogP contribution in [-0.4, -0.2) is 33.6 Å². The van der Waals surface area contributed by atoms with Crippen molar-refractivity contribution in [2.45, 2.75) is 28.1 Å². The summed E-state index contributed by atoms with van der Waals surface area (Å²) in [5.41, 5.74) is 0. The Morgan fingerprint density at radius 3 is 2.67 bits per heavy atom. The summed E-state index contributed by atoms with van der Waals surface area (Å²) < 4.78 is 30.7. The first-order valence-electron chi connectivity index (χ1n) is 7.47. The minimum absolute atomic E-state index is 0.0474. The molecule has 3 rings (SSSR count). The highest BCUT2D eigenvalue weighted by molar-refractivity contribution is 7.93. The third-order valence-electron chi connectivity index (χ3n) is 3.71. The normalized spacial score (nSPS) is 17.8. The van der Waals surface area contributed by atoms with Crippen LogP contribution >= 0.6 is 22.9 Å². The standard InChI is InChI=1S/C16H16ClNO4S2/c17-11-3-5-13(6-4-11)24(20,21)15-8-7-14(23-15)16(19)18-10-12-2-1-9-22-12/h3-8,12H,1-2,9-10H2,(H,18,19)/t12-/m0/s1. The van der Waals surface area contributed by atoms with Crippen molar-refractivity contribution in [3.8, 4) is 0 Å². The van der Waals surface area contributed by atoms with Gasteiger partial charge in [0.2, 0.25) is 9.84 Å². The number of carbonyl (C=O) groups excluding carboxylic acids is 1. The molecular weight excluding hydrogens is 370 g/mol. The molecule has 24 heavy (non-hydrogen) atoms. The maximum atomic E-state index is 12.6. The summed E-state index contributed by atoms with van der Waals surface area (Å²) in [5.74, 6) is -0.284. The van der Waals surface area contributed by atoms with Crippen molar-refractivity contribution in [3.05, 3.63) is 46.3 Å². The smallest absolute Gasteiger partial charge is 0.261 e. The molecule has 2 heterocycles. The van der Waals surface area contributed by atoms with Crippen LogP contribution in [0.5, 0.6) is 0 Å². The second-order valence-electron chi connectivity index (χ2n) is 5.42. The Kier molecular flexibility index (Phi) is 5.24. The molecule has 1 aromatic heterocycles. The van der Waals surface area contributed by atoms with Gasteiger partial charge in [0.1, 0.15) is 4.21 Å². The average molecular weight is 386 g/mol. The molecule has 8 heteroatoms. The lowest BCUT2D eigenvalue weighted by Crippen LogP contribution is -2.31. The van der Waals surface area contributed by atoms with E-state index in [1.165, 1.54) is 36.4 Å². The van der Waals surface area contributed by atoms with Gasteiger partial charge >= 0.3 is 0 Å². The van der Waals surface area contributed by atoms with Gasteiger partial charge in [0.05, 0.1) is 15.9 Å². The number of ether oxygens (including phenoxy) is 1. The minimum Gasteiger partial charge on any atom is -0.376 e. The molecule has 1 atom stereocenters. The molecule has 1 N–H and O–H groups in total. The maximum absolute atomic E-state index is 12.6. The summed E-state index contributed by atoms with van der Waals surface area (Å²) in [6.07, 6.45) is 1.98. The number of carbonyl (C=O) groups is 1. The Morgan fingerprint density at radius 1 is 1.25 bits per heavy atom. The van der Waals surface area contributed by atoms with Crippen molar-refractivity contribution in [3.63, 3.8) is 0 Å². The Labute approximate surface area is 149 Å². The molecule has 1 aliphatic heterocycles. The molecule has 0 spiro atoms. The summed E-state index contributed by atoms with van der Waals surface area (Å²) in [7, 11) is -3.64. The van der Waals surface area contributed by atoms with Crippen LogP contribution in [0.15, 0.2) is 45.5 Å². The van der Waals surface area contributed by atoms with Crippen molar-refractivity contribution < 1.29 is 17.9 Å². The van der Waals surface area contributed by atoms with E-state index in [-0.39, 0.29) is 21.1 Å². The molecular formula is C16H16ClNO4S2. The molecule has 1 saturated heterocycles. The maximum Gasteiger partial charge on any atom is 0.261 e. The van der Waals surface area contributed by atoms with Crippen molar-refractivity contribution in [1.82, 2.24) is 5.32 Å². The van der Waals surface area contributed by atoms with Crippen LogP contribution < -0.4 is 5.32 Å². The van der Waals surface area contributed by atoms with Gasteiger partial charge in [0, 0.05) is 18.2 Å². The zero-order chi connectivity index (χ0) is 17.2. The van der Waals surface area contributed by atoms with Gasteiger partial charge < -0.3 is 10.1 Å². The SMILES string of the molecule is O=C(NC[C@@H]1CCCO1)c1ccc(S(=O)(=O)c2ccc(Cl)cc2)s1. The molecule has 1 aromatic carbocycles. The number of halogens is 1. The molecule has 0 radical (unpaired) electrons. The van der Waals surface area contributed by atoms with Crippen LogP contribution in [-0.2, 0) is 14.6 Å². The Morgan fingerprint density at radius 2 is 2.00 bits per heavy atom. The van der Waals surface area contributed by atoms with Gasteiger partial charge in [-0.3, -0.25) is 4.79 Å². The molecule has 0 bridgehead atoms. The minimum atomic E-state index is -3.64. The lowest BCUT2D eigenvalue weighted by molar-refractivity contribution is 0.0861. The van der Waals surface area contributed by atoms with Crippen LogP contribution in [0.2, 0.25) is 5.02 Å². The molecule has 2 aromatic rings. The number of rotatable bonds is 5. The van der Waals surface area contributed by atoms with Gasteiger partial charge in [-0.1, -0.05) is 11.6 Å². The fourth-order valence-electron chi connectivity index (χ4n) is 2.42. The highest BCUT2D eigenvalue weighted by Crippen LogP contribution is 2.28. The molecule has 128 valence electrons. The largest absolute Gasteiger partial charge is 0.376 e. The van der Waals surface area contributed by atoms with Gasteiger partial charge in [-0.15, -0.1) is 11.3 Å². The lowest BCUT2D eigenvalue weighted by Gasteiger charge is -2.09. The van der Waals surface area contributed by atoms with E-state index in [0.29, 0.717) is 16.4 Å². The molecule has 1 fully saturated rings. The summed E-state index contributed by atoms with van der Waals surface area (Å²) in [5, 5.41) is 3.25. The van der Waals surface area contributed by atoms with Gasteiger partial charge in [-0.2, -0.15) is 0 Å². The number of hydrogen-bond acceptors (Lipinski definition) is 5. The quantitative estimate of drug-likeness (QED) is 0.858. The van der Waals surface area contributed by atoms with Gasteiger partial charge in [0.25, 0.3) is 5.91 Å². The highest BCUT2D eigenvalue weighted by Gasteiger charge is 2.22. The third-order valence-corrected chi connectivity index (χ3v) is 7.31. The second kappa shape index (κ2) is 7.23. The van der Waals surface area contributed by atoms with Crippen LogP contribution in [0.25, 0.3) is 0 Å². The monoisotopic (exact) mass is 385 g/mol. The zero-order valence-corrected chi connectivity index (χ0v) is 15.1. The Hall–Kier alpha value is -1.41. The number of sulfone groups is 1. The van der Waals surface area contributed by atoms with E-state index < -0.39 is 9.84 Å². The van der Waals surface area contributed by atoms with E-state index in [4.69, 9.17) is 16.3 Å². The predicted octanol–water partition coefficient (Wildman–Crippen LogP) is 3.14. The highest BCUT2D eigenvalue weighted by atomic mass is 35.5. The summed E-state index contributed by atoms with van der Waals surface area (Å²) in [4.78, 5) is 12.7. The predicted molar refractivity (Wildman–Crippen MR) is 92.5 cm³/mol. The molecule has 0 unspecified atom stereocenters. The molecule has 1 aliphatic rings. The van der Waals surface area contributed by atoms with E-state index in [1.807, 2.05) is 0 Å². The topological polar surface area (TPSA) is 72.5 Å². The number of amides is 1. The van der Waals surface area contributed by atoms with Gasteiger partial charge in [-0.25, -0.2) is 8.42 Å². The number of nitrogens with one attached hydrogen (secondary N) is 1. The molecule has 5 nitrogen and oxygen atoms in total. The van der Waals surface area contributed by atoms with Gasteiger partial charge in [-0.05, 0) is 49.2 Å². The number of thiophene rings is 1. The van der Waals surface area contributed by atoms with E-state index in [9.17, 15) is 13.2 Å². The second-order valence-corrected chi connectivity index (χ2v) is 9.12. The van der Waals surface area contributed by atoms with Crippen LogP contribution in [0.3, 0.4) is 0 Å². The number of benzene rings is 1. The Balaban J connectivity index is 1.72. The van der Waals surface area contributed by atoms with E-state index in [1.54, 1.807) is 0 Å². The molecule has 0 saturated carbocycles. The van der Waals surface area contributed by atoms with Crippen molar-refractivity contribution >= 4 is 38.7 Å². The molecule has 0 aliphatic carbocycles. The first-order valence-corrected chi connectivity index (χ1v) is 10.1. The van der Waals surface area contributed by atoms with E-state index in [2.05, 4.69) is 5.32 Å². The van der Waals surface area contributed by atoms with E-state index >= 15 is 0 Å². The third kappa shape index (κ3) is 3.80. The lowest BCUT2D eigenvalue weighted by atomic mass is 10.2. The fourth-order valence-corrected chi connectivity index (χ4v) is 5.17. The van der Waals surface area contributed by atoms with E-state index in [0.717, 1.165) is 30.8 Å². The fraction of sp³-hybridized carbons (Fsp3) is 0.312. The average Bonchev–Trinajstić information content (AvgIpc) is 3.25. The van der Waals surface area contributed by atoms with Crippen LogP contribution in [0.1, 0.15) is 22.5 Å². The summed E-state index contributed by atoms with van der Waals surface area (Å²) >= 11 is 6.74.